The van der Waals surface area contributed by atoms with E-state index in [1.54, 1.807) is 6.07 Å². The van der Waals surface area contributed by atoms with E-state index in [0.717, 1.165) is 0 Å². The maximum absolute atomic E-state index is 12.8. The van der Waals surface area contributed by atoms with Crippen molar-refractivity contribution in [2.24, 2.45) is 5.73 Å². The van der Waals surface area contributed by atoms with Crippen LogP contribution in [0.15, 0.2) is 51.1 Å². The van der Waals surface area contributed by atoms with Gasteiger partial charge in [0.15, 0.2) is 5.78 Å². The van der Waals surface area contributed by atoms with Crippen molar-refractivity contribution in [2.45, 2.75) is 14.7 Å². The van der Waals surface area contributed by atoms with Gasteiger partial charge in [0.25, 0.3) is 10.0 Å². The summed E-state index contributed by atoms with van der Waals surface area (Å²) < 4.78 is 45.4. The fraction of sp³-hybridized carbons (Fsp3) is 0.133. The van der Waals surface area contributed by atoms with Gasteiger partial charge in [-0.15, -0.1) is 0 Å². The molecule has 0 radical (unpaired) electrons. The quantitative estimate of drug-likeness (QED) is 0.787. The molecule has 126 valence electrons. The normalized spacial score (nSPS) is 17.8. The molecule has 0 aliphatic carbocycles. The van der Waals surface area contributed by atoms with Crippen molar-refractivity contribution in [1.82, 2.24) is 0 Å². The van der Waals surface area contributed by atoms with Crippen molar-refractivity contribution in [2.75, 3.05) is 18.4 Å². The van der Waals surface area contributed by atoms with Crippen LogP contribution in [-0.4, -0.2) is 32.1 Å². The standard InChI is InChI=1S/C15H14N2O5S2/c1-22-12-5-6-13-15(14(12)11(18)8-16)17-24(20,21)10-4-2-3-9(7-10)23(13)19/h2-7,17H,8,16H2,1H3. The third kappa shape index (κ3) is 2.60. The molecule has 2 aromatic carbocycles. The minimum atomic E-state index is -3.94. The summed E-state index contributed by atoms with van der Waals surface area (Å²) >= 11 is 0. The van der Waals surface area contributed by atoms with E-state index < -0.39 is 26.6 Å². The molecule has 3 N–H and O–H groups in total. The summed E-state index contributed by atoms with van der Waals surface area (Å²) in [7, 11) is -4.25. The lowest BCUT2D eigenvalue weighted by Gasteiger charge is -2.20. The van der Waals surface area contributed by atoms with E-state index in [1.807, 2.05) is 0 Å². The van der Waals surface area contributed by atoms with E-state index in [4.69, 9.17) is 10.5 Å². The Morgan fingerprint density at radius 3 is 2.71 bits per heavy atom. The molecular weight excluding hydrogens is 352 g/mol. The predicted molar refractivity (Wildman–Crippen MR) is 88.3 cm³/mol. The van der Waals surface area contributed by atoms with E-state index >= 15 is 0 Å². The number of nitrogens with two attached hydrogens (primary N) is 1. The summed E-state index contributed by atoms with van der Waals surface area (Å²) in [5.74, 6) is -0.360. The van der Waals surface area contributed by atoms with Crippen LogP contribution in [0.5, 0.6) is 5.75 Å². The van der Waals surface area contributed by atoms with Gasteiger partial charge in [-0.2, -0.15) is 0 Å². The summed E-state index contributed by atoms with van der Waals surface area (Å²) in [5.41, 5.74) is 5.34. The number of benzene rings is 2. The molecule has 0 aromatic heterocycles. The van der Waals surface area contributed by atoms with Gasteiger partial charge in [-0.1, -0.05) is 6.07 Å². The van der Waals surface area contributed by atoms with Crippen molar-refractivity contribution in [3.05, 3.63) is 42.0 Å². The average molecular weight is 366 g/mol. The van der Waals surface area contributed by atoms with E-state index in [0.29, 0.717) is 4.90 Å². The second-order valence-corrected chi connectivity index (χ2v) is 8.12. The SMILES string of the molecule is COc1ccc2c(c1C(=O)CN)NS(=O)(=O)c1cccc(c1)S2=O. The lowest BCUT2D eigenvalue weighted by Crippen LogP contribution is -2.22. The zero-order chi connectivity index (χ0) is 17.5. The van der Waals surface area contributed by atoms with Crippen LogP contribution in [0.3, 0.4) is 0 Å². The van der Waals surface area contributed by atoms with Gasteiger partial charge in [0.1, 0.15) is 5.75 Å². The molecule has 2 bridgehead atoms. The van der Waals surface area contributed by atoms with Crippen LogP contribution in [0.4, 0.5) is 5.69 Å². The summed E-state index contributed by atoms with van der Waals surface area (Å²) in [6.45, 7) is -0.341. The van der Waals surface area contributed by atoms with Gasteiger partial charge in [0.2, 0.25) is 0 Å². The first-order valence-electron chi connectivity index (χ1n) is 6.88. The van der Waals surface area contributed by atoms with Crippen LogP contribution in [0, 0.1) is 0 Å². The molecule has 0 saturated carbocycles. The van der Waals surface area contributed by atoms with Crippen LogP contribution in [-0.2, 0) is 20.8 Å². The van der Waals surface area contributed by atoms with E-state index in [1.165, 1.54) is 37.4 Å². The van der Waals surface area contributed by atoms with E-state index in [2.05, 4.69) is 4.72 Å². The fourth-order valence-electron chi connectivity index (χ4n) is 2.45. The molecule has 1 aliphatic rings. The Kier molecular flexibility index (Phi) is 4.16. The molecule has 0 saturated heterocycles. The molecule has 1 heterocycles. The second-order valence-electron chi connectivity index (χ2n) is 4.99. The van der Waals surface area contributed by atoms with Crippen LogP contribution in [0.2, 0.25) is 0 Å². The number of sulfonamides is 1. The molecule has 0 amide bonds. The van der Waals surface area contributed by atoms with Crippen molar-refractivity contribution >= 4 is 32.3 Å². The second kappa shape index (κ2) is 6.00. The maximum atomic E-state index is 12.8. The van der Waals surface area contributed by atoms with Crippen molar-refractivity contribution in [3.63, 3.8) is 0 Å². The number of fused-ring (bicyclic) bond motifs is 3. The Bertz CT molecular complexity index is 970. The van der Waals surface area contributed by atoms with Crippen LogP contribution in [0.25, 0.3) is 0 Å². The van der Waals surface area contributed by atoms with E-state index in [9.17, 15) is 17.4 Å². The number of hydrogen-bond acceptors (Lipinski definition) is 6. The molecule has 9 heteroatoms. The molecular formula is C15H14N2O5S2. The number of ether oxygens (including phenoxy) is 1. The largest absolute Gasteiger partial charge is 0.496 e. The summed E-state index contributed by atoms with van der Waals surface area (Å²) in [4.78, 5) is 12.7. The molecule has 7 nitrogen and oxygen atoms in total. The predicted octanol–water partition coefficient (Wildman–Crippen LogP) is 1.12. The molecule has 1 aliphatic heterocycles. The first-order valence-corrected chi connectivity index (χ1v) is 9.51. The highest BCUT2D eigenvalue weighted by molar-refractivity contribution is 7.93. The van der Waals surface area contributed by atoms with Crippen molar-refractivity contribution in [3.8, 4) is 5.75 Å². The van der Waals surface area contributed by atoms with Gasteiger partial charge in [-0.3, -0.25) is 9.52 Å². The van der Waals surface area contributed by atoms with Gasteiger partial charge < -0.3 is 10.5 Å². The molecule has 0 fully saturated rings. The number of methoxy groups -OCH3 is 1. The molecule has 3 rings (SSSR count). The topological polar surface area (TPSA) is 116 Å². The Morgan fingerprint density at radius 1 is 1.29 bits per heavy atom. The summed E-state index contributed by atoms with van der Waals surface area (Å²) in [6, 6.07) is 8.76. The van der Waals surface area contributed by atoms with Gasteiger partial charge >= 0.3 is 0 Å². The third-order valence-electron chi connectivity index (χ3n) is 3.58. The average Bonchev–Trinajstić information content (AvgIpc) is 2.59. The molecule has 0 spiro atoms. The highest BCUT2D eigenvalue weighted by Crippen LogP contribution is 2.37. The molecule has 2 aromatic rings. The van der Waals surface area contributed by atoms with Gasteiger partial charge in [-0.05, 0) is 30.3 Å². The lowest BCUT2D eigenvalue weighted by molar-refractivity contribution is 0.0999. The number of nitrogens with one attached hydrogen (secondary N) is 1. The van der Waals surface area contributed by atoms with Crippen LogP contribution < -0.4 is 15.2 Å². The van der Waals surface area contributed by atoms with Crippen molar-refractivity contribution in [1.29, 1.82) is 0 Å². The zero-order valence-electron chi connectivity index (χ0n) is 12.6. The Hall–Kier alpha value is -2.23. The summed E-state index contributed by atoms with van der Waals surface area (Å²) in [5, 5.41) is 0. The Labute approximate surface area is 141 Å². The smallest absolute Gasteiger partial charge is 0.261 e. The van der Waals surface area contributed by atoms with Crippen LogP contribution >= 0.6 is 0 Å². The summed E-state index contributed by atoms with van der Waals surface area (Å²) in [6.07, 6.45) is 0. The molecule has 24 heavy (non-hydrogen) atoms. The number of Topliss-reactive ketones (excluding diaryl/α,β-unsaturated/α-hetero) is 1. The van der Waals surface area contributed by atoms with Crippen molar-refractivity contribution < 1.29 is 22.2 Å². The first-order chi connectivity index (χ1) is 11.4. The number of rotatable bonds is 3. The van der Waals surface area contributed by atoms with Crippen LogP contribution in [0.1, 0.15) is 10.4 Å². The monoisotopic (exact) mass is 366 g/mol. The number of hydrogen-bond donors (Lipinski definition) is 2. The Balaban J connectivity index is 2.39. The number of carbonyl (C=O) groups is 1. The number of anilines is 1. The highest BCUT2D eigenvalue weighted by Gasteiger charge is 2.29. The fourth-order valence-corrected chi connectivity index (χ4v) is 4.94. The molecule has 1 unspecified atom stereocenters. The highest BCUT2D eigenvalue weighted by atomic mass is 32.2. The Morgan fingerprint density at radius 2 is 2.04 bits per heavy atom. The first kappa shape index (κ1) is 16.6. The van der Waals surface area contributed by atoms with Gasteiger partial charge in [0.05, 0.1) is 45.5 Å². The van der Waals surface area contributed by atoms with E-state index in [-0.39, 0.29) is 33.3 Å². The number of ketones is 1. The maximum Gasteiger partial charge on any atom is 0.261 e. The zero-order valence-corrected chi connectivity index (χ0v) is 14.2. The van der Waals surface area contributed by atoms with Gasteiger partial charge in [0, 0.05) is 4.90 Å². The number of carbonyl (C=O) groups excluding carboxylic acids is 1. The lowest BCUT2D eigenvalue weighted by atomic mass is 10.1. The third-order valence-corrected chi connectivity index (χ3v) is 6.35. The molecule has 1 atom stereocenters. The minimum absolute atomic E-state index is 0.0282. The minimum Gasteiger partial charge on any atom is -0.496 e. The van der Waals surface area contributed by atoms with Gasteiger partial charge in [-0.25, -0.2) is 12.6 Å².